The molecule has 1 N–H and O–H groups in total. The summed E-state index contributed by atoms with van der Waals surface area (Å²) in [5, 5.41) is 7.22. The highest BCUT2D eigenvalue weighted by Crippen LogP contribution is 2.47. The van der Waals surface area contributed by atoms with E-state index in [4.69, 9.17) is 9.26 Å². The van der Waals surface area contributed by atoms with E-state index in [-0.39, 0.29) is 24.0 Å². The number of hydrogen-bond donors (Lipinski definition) is 1. The van der Waals surface area contributed by atoms with Crippen LogP contribution in [0.25, 0.3) is 0 Å². The van der Waals surface area contributed by atoms with Gasteiger partial charge in [-0.15, -0.1) is 24.0 Å². The minimum absolute atomic E-state index is 0. The summed E-state index contributed by atoms with van der Waals surface area (Å²) in [6.45, 7) is 4.71. The molecule has 4 unspecified atom stereocenters. The first kappa shape index (κ1) is 16.9. The number of guanidine groups is 1. The van der Waals surface area contributed by atoms with Gasteiger partial charge in [0, 0.05) is 44.9 Å². The number of nitrogens with zero attached hydrogens (tertiary/aromatic N) is 4. The predicted molar refractivity (Wildman–Crippen MR) is 96.0 cm³/mol. The number of aryl methyl sites for hydroxylation is 1. The number of halogens is 1. The van der Waals surface area contributed by atoms with Gasteiger partial charge in [0.05, 0.1) is 12.2 Å². The Balaban J connectivity index is 0.00000156. The summed E-state index contributed by atoms with van der Waals surface area (Å²) in [6, 6.07) is 0. The zero-order chi connectivity index (χ0) is 15.1. The summed E-state index contributed by atoms with van der Waals surface area (Å²) in [4.78, 5) is 11.0. The first-order valence-corrected chi connectivity index (χ1v) is 8.15. The van der Waals surface area contributed by atoms with Crippen LogP contribution in [-0.2, 0) is 11.2 Å². The Kier molecular flexibility index (Phi) is 5.10. The normalized spacial score (nSPS) is 32.1. The average molecular weight is 433 g/mol. The van der Waals surface area contributed by atoms with Crippen molar-refractivity contribution in [2.24, 2.45) is 16.8 Å². The van der Waals surface area contributed by atoms with Crippen molar-refractivity contribution in [3.8, 4) is 0 Å². The second kappa shape index (κ2) is 6.92. The molecule has 0 aromatic carbocycles. The maximum atomic E-state index is 6.03. The highest BCUT2D eigenvalue weighted by Gasteiger charge is 2.53. The van der Waals surface area contributed by atoms with Gasteiger partial charge in [0.1, 0.15) is 0 Å². The number of likely N-dealkylation sites (tertiary alicyclic amines) is 1. The Bertz CT molecular complexity index is 560. The summed E-state index contributed by atoms with van der Waals surface area (Å²) in [7, 11) is 1.85. The molecule has 3 aliphatic heterocycles. The Labute approximate surface area is 153 Å². The van der Waals surface area contributed by atoms with Crippen LogP contribution in [0.1, 0.15) is 24.6 Å². The quantitative estimate of drug-likeness (QED) is 0.439. The Morgan fingerprint density at radius 1 is 1.30 bits per heavy atom. The Morgan fingerprint density at radius 3 is 2.57 bits per heavy atom. The molecule has 2 bridgehead atoms. The second-order valence-corrected chi connectivity index (χ2v) is 6.48. The topological polar surface area (TPSA) is 75.8 Å². The summed E-state index contributed by atoms with van der Waals surface area (Å²) in [6.07, 6.45) is 4.17. The lowest BCUT2D eigenvalue weighted by molar-refractivity contribution is 0.0767. The smallest absolute Gasteiger partial charge is 0.228 e. The molecule has 3 aliphatic rings. The van der Waals surface area contributed by atoms with Crippen LogP contribution in [0.3, 0.4) is 0 Å². The molecular formula is C15H24IN5O2. The molecule has 0 spiro atoms. The summed E-state index contributed by atoms with van der Waals surface area (Å²) < 4.78 is 11.2. The van der Waals surface area contributed by atoms with Gasteiger partial charge in [-0.1, -0.05) is 5.16 Å². The van der Waals surface area contributed by atoms with E-state index in [1.807, 2.05) is 14.0 Å². The molecule has 0 aliphatic carbocycles. The van der Waals surface area contributed by atoms with E-state index in [2.05, 4.69) is 25.3 Å². The SMILES string of the molecule is CN=C(NCCc1nc(C)no1)N1CC2C3CCC(O3)C2C1.I. The molecule has 0 amide bonds. The van der Waals surface area contributed by atoms with Gasteiger partial charge in [-0.25, -0.2) is 0 Å². The van der Waals surface area contributed by atoms with Gasteiger partial charge in [-0.05, 0) is 19.8 Å². The van der Waals surface area contributed by atoms with E-state index in [9.17, 15) is 0 Å². The van der Waals surface area contributed by atoms with Crippen molar-refractivity contribution in [1.82, 2.24) is 20.4 Å². The third-order valence-corrected chi connectivity index (χ3v) is 5.16. The number of rotatable bonds is 3. The third kappa shape index (κ3) is 3.19. The number of aromatic nitrogens is 2. The van der Waals surface area contributed by atoms with Crippen LogP contribution in [0, 0.1) is 18.8 Å². The second-order valence-electron chi connectivity index (χ2n) is 6.48. The van der Waals surface area contributed by atoms with Gasteiger partial charge in [0.25, 0.3) is 0 Å². The zero-order valence-electron chi connectivity index (χ0n) is 13.6. The van der Waals surface area contributed by atoms with Crippen molar-refractivity contribution in [3.63, 3.8) is 0 Å². The molecule has 3 saturated heterocycles. The summed E-state index contributed by atoms with van der Waals surface area (Å²) >= 11 is 0. The fraction of sp³-hybridized carbons (Fsp3) is 0.800. The summed E-state index contributed by atoms with van der Waals surface area (Å²) in [5.41, 5.74) is 0. The molecule has 23 heavy (non-hydrogen) atoms. The van der Waals surface area contributed by atoms with E-state index in [1.54, 1.807) is 0 Å². The van der Waals surface area contributed by atoms with Crippen molar-refractivity contribution < 1.29 is 9.26 Å². The molecule has 4 rings (SSSR count). The molecule has 8 heteroatoms. The number of hydrogen-bond acceptors (Lipinski definition) is 5. The van der Waals surface area contributed by atoms with E-state index in [0.717, 1.165) is 32.0 Å². The van der Waals surface area contributed by atoms with E-state index in [0.29, 0.717) is 35.8 Å². The van der Waals surface area contributed by atoms with Gasteiger partial charge in [-0.3, -0.25) is 4.99 Å². The Morgan fingerprint density at radius 2 is 2.00 bits per heavy atom. The van der Waals surface area contributed by atoms with Crippen LogP contribution < -0.4 is 5.32 Å². The minimum atomic E-state index is 0. The van der Waals surface area contributed by atoms with Gasteiger partial charge in [-0.2, -0.15) is 4.98 Å². The maximum absolute atomic E-state index is 6.03. The highest BCUT2D eigenvalue weighted by atomic mass is 127. The molecule has 4 atom stereocenters. The molecule has 0 radical (unpaired) electrons. The van der Waals surface area contributed by atoms with Crippen LogP contribution in [0.5, 0.6) is 0 Å². The van der Waals surface area contributed by atoms with Crippen molar-refractivity contribution in [2.45, 2.75) is 38.4 Å². The van der Waals surface area contributed by atoms with Crippen LogP contribution in [0.4, 0.5) is 0 Å². The van der Waals surface area contributed by atoms with Crippen molar-refractivity contribution >= 4 is 29.9 Å². The molecule has 4 heterocycles. The molecular weight excluding hydrogens is 409 g/mol. The third-order valence-electron chi connectivity index (χ3n) is 5.16. The molecule has 0 saturated carbocycles. The fourth-order valence-corrected chi connectivity index (χ4v) is 4.19. The van der Waals surface area contributed by atoms with Crippen LogP contribution in [0.15, 0.2) is 9.52 Å². The number of nitrogens with one attached hydrogen (secondary N) is 1. The Hall–Kier alpha value is -0.900. The molecule has 128 valence electrons. The highest BCUT2D eigenvalue weighted by molar-refractivity contribution is 14.0. The first-order chi connectivity index (χ1) is 10.7. The lowest BCUT2D eigenvalue weighted by Crippen LogP contribution is -2.42. The molecule has 3 fully saturated rings. The average Bonchev–Trinajstić information content (AvgIpc) is 3.25. The van der Waals surface area contributed by atoms with Gasteiger partial charge < -0.3 is 19.5 Å². The van der Waals surface area contributed by atoms with Crippen LogP contribution >= 0.6 is 24.0 Å². The van der Waals surface area contributed by atoms with Crippen LogP contribution in [-0.4, -0.2) is 59.9 Å². The van der Waals surface area contributed by atoms with Crippen molar-refractivity contribution in [3.05, 3.63) is 11.7 Å². The van der Waals surface area contributed by atoms with E-state index < -0.39 is 0 Å². The molecule has 7 nitrogen and oxygen atoms in total. The van der Waals surface area contributed by atoms with Crippen molar-refractivity contribution in [1.29, 1.82) is 0 Å². The molecule has 1 aromatic heterocycles. The number of fused-ring (bicyclic) bond motifs is 5. The first-order valence-electron chi connectivity index (χ1n) is 8.15. The number of ether oxygens (including phenoxy) is 1. The van der Waals surface area contributed by atoms with Crippen molar-refractivity contribution in [2.75, 3.05) is 26.7 Å². The van der Waals surface area contributed by atoms with E-state index in [1.165, 1.54) is 12.8 Å². The fourth-order valence-electron chi connectivity index (χ4n) is 4.19. The van der Waals surface area contributed by atoms with Gasteiger partial charge >= 0.3 is 0 Å². The van der Waals surface area contributed by atoms with Gasteiger partial charge in [0.2, 0.25) is 5.89 Å². The predicted octanol–water partition coefficient (Wildman–Crippen LogP) is 1.22. The lowest BCUT2D eigenvalue weighted by atomic mass is 9.82. The zero-order valence-corrected chi connectivity index (χ0v) is 15.9. The van der Waals surface area contributed by atoms with Gasteiger partial charge in [0.15, 0.2) is 11.8 Å². The lowest BCUT2D eigenvalue weighted by Gasteiger charge is -2.23. The standard InChI is InChI=1S/C15H23N5O2.HI/c1-9-18-14(22-19-9)5-6-17-15(16-2)20-7-10-11(8-20)13-4-3-12(10)21-13;/h10-13H,3-8H2,1-2H3,(H,16,17);1H. The largest absolute Gasteiger partial charge is 0.374 e. The maximum Gasteiger partial charge on any atom is 0.228 e. The monoisotopic (exact) mass is 433 g/mol. The van der Waals surface area contributed by atoms with E-state index >= 15 is 0 Å². The minimum Gasteiger partial charge on any atom is -0.374 e. The summed E-state index contributed by atoms with van der Waals surface area (Å²) in [5.74, 6) is 3.71. The molecule has 1 aromatic rings. The van der Waals surface area contributed by atoms with Crippen LogP contribution in [0.2, 0.25) is 0 Å². The number of aliphatic imine (C=N–C) groups is 1.